The number of hydrogen-bond donors (Lipinski definition) is 0. The molecule has 0 heterocycles. The quantitative estimate of drug-likeness (QED) is 0.425. The molecule has 80 valence electrons. The number of hydrogen-bond acceptors (Lipinski definition) is 3. The first kappa shape index (κ1) is 16.5. The molecule has 0 aromatic heterocycles. The summed E-state index contributed by atoms with van der Waals surface area (Å²) < 4.78 is 4.38. The number of esters is 2. The van der Waals surface area contributed by atoms with Crippen molar-refractivity contribution in [3.63, 3.8) is 0 Å². The normalized spacial score (nSPS) is 9.00. The van der Waals surface area contributed by atoms with Crippen LogP contribution in [0.5, 0.6) is 0 Å². The molecule has 0 saturated heterocycles. The second-order valence-corrected chi connectivity index (χ2v) is 3.13. The van der Waals surface area contributed by atoms with Gasteiger partial charge in [0, 0.05) is 39.5 Å². The van der Waals surface area contributed by atoms with Gasteiger partial charge in [-0.05, 0) is 6.42 Å². The number of carbonyl (C=O) groups is 2. The van der Waals surface area contributed by atoms with Crippen LogP contribution < -0.4 is 0 Å². The molecule has 0 N–H and O–H groups in total. The maximum atomic E-state index is 10.8. The average molecular weight is 277 g/mol. The Morgan fingerprint density at radius 2 is 1.64 bits per heavy atom. The van der Waals surface area contributed by atoms with E-state index in [1.807, 2.05) is 0 Å². The van der Waals surface area contributed by atoms with Gasteiger partial charge in [-0.3, -0.25) is 9.59 Å². The summed E-state index contributed by atoms with van der Waals surface area (Å²) in [6.07, 6.45) is 5.79. The first-order valence-corrected chi connectivity index (χ1v) is 4.88. The van der Waals surface area contributed by atoms with Crippen LogP contribution in [0.15, 0.2) is 0 Å². The fourth-order valence-electron chi connectivity index (χ4n) is 1.08. The summed E-state index contributed by atoms with van der Waals surface area (Å²) >= 11 is 0. The van der Waals surface area contributed by atoms with Crippen molar-refractivity contribution >= 4 is 11.9 Å². The van der Waals surface area contributed by atoms with Crippen LogP contribution in [0.3, 0.4) is 0 Å². The second kappa shape index (κ2) is 11.1. The smallest absolute Gasteiger partial charge is 0.313 e. The minimum absolute atomic E-state index is 0. The van der Waals surface area contributed by atoms with Gasteiger partial charge in [0.15, 0.2) is 0 Å². The molecular weight excluding hydrogens is 259 g/mol. The standard InChI is InChI=1S/C10H18O3.Zr/c1-3-4-5-6-7-8-10(12)13-9(2)11;/h3-8H2,1-2H3;. The molecule has 0 unspecified atom stereocenters. The van der Waals surface area contributed by atoms with Crippen LogP contribution in [0, 0.1) is 0 Å². The van der Waals surface area contributed by atoms with E-state index in [4.69, 9.17) is 0 Å². The third kappa shape index (κ3) is 12.0. The van der Waals surface area contributed by atoms with E-state index in [2.05, 4.69) is 11.7 Å². The Morgan fingerprint density at radius 1 is 1.07 bits per heavy atom. The molecule has 0 fully saturated rings. The molecular formula is C10H18O3Zr. The fourth-order valence-corrected chi connectivity index (χ4v) is 1.08. The van der Waals surface area contributed by atoms with Crippen LogP contribution in [-0.4, -0.2) is 11.9 Å². The topological polar surface area (TPSA) is 43.4 Å². The molecule has 0 aliphatic rings. The molecule has 0 aliphatic heterocycles. The van der Waals surface area contributed by atoms with Crippen molar-refractivity contribution in [1.29, 1.82) is 0 Å². The molecule has 0 spiro atoms. The molecule has 4 heteroatoms. The van der Waals surface area contributed by atoms with E-state index in [1.54, 1.807) is 0 Å². The Kier molecular flexibility index (Phi) is 13.0. The Morgan fingerprint density at radius 3 is 2.14 bits per heavy atom. The summed E-state index contributed by atoms with van der Waals surface area (Å²) in [6.45, 7) is 3.39. The molecule has 0 radical (unpaired) electrons. The van der Waals surface area contributed by atoms with Gasteiger partial charge < -0.3 is 4.74 Å². The third-order valence-corrected chi connectivity index (χ3v) is 1.74. The zero-order chi connectivity index (χ0) is 10.1. The van der Waals surface area contributed by atoms with Crippen LogP contribution in [-0.2, 0) is 40.5 Å². The Labute approximate surface area is 105 Å². The fraction of sp³-hybridized carbons (Fsp3) is 0.800. The van der Waals surface area contributed by atoms with Gasteiger partial charge in [-0.25, -0.2) is 0 Å². The Bertz CT molecular complexity index is 169. The SMILES string of the molecule is CCCCCCCC(=O)OC(C)=O.[Zr]. The zero-order valence-corrected chi connectivity index (χ0v) is 11.4. The molecule has 0 aromatic carbocycles. The molecule has 14 heavy (non-hydrogen) atoms. The van der Waals surface area contributed by atoms with Gasteiger partial charge in [0.05, 0.1) is 0 Å². The van der Waals surface area contributed by atoms with Crippen molar-refractivity contribution in [2.75, 3.05) is 0 Å². The van der Waals surface area contributed by atoms with E-state index >= 15 is 0 Å². The molecule has 0 aromatic rings. The second-order valence-electron chi connectivity index (χ2n) is 3.13. The summed E-state index contributed by atoms with van der Waals surface area (Å²) in [5.74, 6) is -0.914. The van der Waals surface area contributed by atoms with Crippen molar-refractivity contribution in [2.45, 2.75) is 52.4 Å². The molecule has 0 bridgehead atoms. The monoisotopic (exact) mass is 276 g/mol. The number of unbranched alkanes of at least 4 members (excludes halogenated alkanes) is 4. The summed E-state index contributed by atoms with van der Waals surface area (Å²) in [7, 11) is 0. The average Bonchev–Trinajstić information content (AvgIpc) is 2.02. The molecule has 0 amide bonds. The van der Waals surface area contributed by atoms with E-state index in [-0.39, 0.29) is 26.2 Å². The van der Waals surface area contributed by atoms with Gasteiger partial charge in [-0.2, -0.15) is 0 Å². The van der Waals surface area contributed by atoms with E-state index in [0.717, 1.165) is 19.3 Å². The van der Waals surface area contributed by atoms with Crippen molar-refractivity contribution in [1.82, 2.24) is 0 Å². The predicted molar refractivity (Wildman–Crippen MR) is 50.1 cm³/mol. The van der Waals surface area contributed by atoms with Crippen LogP contribution in [0.25, 0.3) is 0 Å². The van der Waals surface area contributed by atoms with Gasteiger partial charge in [0.2, 0.25) is 0 Å². The van der Waals surface area contributed by atoms with Crippen molar-refractivity contribution < 1.29 is 40.5 Å². The van der Waals surface area contributed by atoms with Crippen molar-refractivity contribution in [3.05, 3.63) is 0 Å². The predicted octanol–water partition coefficient (Wildman–Crippen LogP) is 2.43. The zero-order valence-electron chi connectivity index (χ0n) is 8.97. The largest absolute Gasteiger partial charge is 0.393 e. The first-order chi connectivity index (χ1) is 6.16. The molecule has 0 saturated carbocycles. The van der Waals surface area contributed by atoms with Gasteiger partial charge in [-0.1, -0.05) is 32.6 Å². The number of ether oxygens (including phenoxy) is 1. The minimum Gasteiger partial charge on any atom is -0.393 e. The van der Waals surface area contributed by atoms with E-state index in [1.165, 1.54) is 19.8 Å². The molecule has 0 rings (SSSR count). The maximum absolute atomic E-state index is 10.8. The Balaban J connectivity index is 0. The van der Waals surface area contributed by atoms with Crippen LogP contribution in [0.1, 0.15) is 52.4 Å². The number of carbonyl (C=O) groups excluding carboxylic acids is 2. The Hall–Kier alpha value is 0.0231. The van der Waals surface area contributed by atoms with Crippen molar-refractivity contribution in [2.24, 2.45) is 0 Å². The minimum atomic E-state index is -0.515. The van der Waals surface area contributed by atoms with Crippen molar-refractivity contribution in [3.8, 4) is 0 Å². The van der Waals surface area contributed by atoms with Gasteiger partial charge in [-0.15, -0.1) is 0 Å². The van der Waals surface area contributed by atoms with Gasteiger partial charge >= 0.3 is 11.9 Å². The van der Waals surface area contributed by atoms with E-state index < -0.39 is 11.9 Å². The van der Waals surface area contributed by atoms with Crippen LogP contribution >= 0.6 is 0 Å². The van der Waals surface area contributed by atoms with Gasteiger partial charge in [0.1, 0.15) is 0 Å². The number of rotatable bonds is 6. The van der Waals surface area contributed by atoms with Crippen LogP contribution in [0.2, 0.25) is 0 Å². The first-order valence-electron chi connectivity index (χ1n) is 4.88. The summed E-state index contributed by atoms with van der Waals surface area (Å²) in [5.41, 5.74) is 0. The van der Waals surface area contributed by atoms with E-state index in [0.29, 0.717) is 6.42 Å². The van der Waals surface area contributed by atoms with E-state index in [9.17, 15) is 9.59 Å². The maximum Gasteiger partial charge on any atom is 0.313 e. The van der Waals surface area contributed by atoms with Crippen LogP contribution in [0.4, 0.5) is 0 Å². The molecule has 0 aliphatic carbocycles. The summed E-state index contributed by atoms with van der Waals surface area (Å²) in [5, 5.41) is 0. The third-order valence-electron chi connectivity index (χ3n) is 1.74. The van der Waals surface area contributed by atoms with Gasteiger partial charge in [0.25, 0.3) is 0 Å². The summed E-state index contributed by atoms with van der Waals surface area (Å²) in [4.78, 5) is 21.2. The molecule has 0 atom stereocenters. The summed E-state index contributed by atoms with van der Waals surface area (Å²) in [6, 6.07) is 0. The molecule has 3 nitrogen and oxygen atoms in total.